The van der Waals surface area contributed by atoms with Gasteiger partial charge < -0.3 is 19.4 Å². The topological polar surface area (TPSA) is 90.7 Å². The zero-order valence-electron chi connectivity index (χ0n) is 19.0. The number of aromatic amines is 2. The summed E-state index contributed by atoms with van der Waals surface area (Å²) in [4.78, 5) is 32.2. The molecule has 2 N–H and O–H groups in total. The first-order chi connectivity index (χ1) is 15.9. The molecular weight excluding hydrogens is 440 g/mol. The van der Waals surface area contributed by atoms with Crippen LogP contribution in [0.25, 0.3) is 21.8 Å². The molecular formula is C24H26N4O4S. The molecule has 172 valence electrons. The van der Waals surface area contributed by atoms with Crippen molar-refractivity contribution < 1.29 is 19.1 Å². The fourth-order valence-corrected chi connectivity index (χ4v) is 4.54. The lowest BCUT2D eigenvalue weighted by Crippen LogP contribution is -2.30. The van der Waals surface area contributed by atoms with E-state index in [0.29, 0.717) is 22.9 Å². The van der Waals surface area contributed by atoms with Crippen molar-refractivity contribution in [2.75, 3.05) is 28.3 Å². The summed E-state index contributed by atoms with van der Waals surface area (Å²) in [6.07, 6.45) is 0.248. The number of hydrogen-bond acceptors (Lipinski definition) is 5. The Labute approximate surface area is 196 Å². The van der Waals surface area contributed by atoms with Crippen LogP contribution in [0.15, 0.2) is 48.5 Å². The second kappa shape index (κ2) is 9.50. The summed E-state index contributed by atoms with van der Waals surface area (Å²) < 4.78 is 13.9. The van der Waals surface area contributed by atoms with E-state index >= 15 is 0 Å². The number of methoxy groups -OCH3 is 2. The standard InChI is InChI=1S/C24H26N4O4S/c1-27(21(29)13-19-23(31-3)15-9-5-7-11-17(15)25-19)33-28(2)22(30)14-20-24(32-4)16-10-6-8-12-18(16)26-20/h5-12,25-26H,13-14H2,1-4H3. The van der Waals surface area contributed by atoms with Crippen LogP contribution in [0.5, 0.6) is 11.5 Å². The summed E-state index contributed by atoms with van der Waals surface area (Å²) in [5, 5.41) is 1.86. The molecule has 0 fully saturated rings. The number of likely N-dealkylation sites (N-methyl/N-ethyl adjacent to an activating group) is 2. The Kier molecular flexibility index (Phi) is 6.50. The Morgan fingerprint density at radius 3 is 1.55 bits per heavy atom. The Morgan fingerprint density at radius 2 is 1.15 bits per heavy atom. The molecule has 2 aromatic heterocycles. The van der Waals surface area contributed by atoms with E-state index in [1.54, 1.807) is 28.3 Å². The van der Waals surface area contributed by atoms with Gasteiger partial charge in [0.2, 0.25) is 11.8 Å². The molecule has 9 heteroatoms. The van der Waals surface area contributed by atoms with Gasteiger partial charge in [-0.2, -0.15) is 0 Å². The first kappa shape index (κ1) is 22.6. The van der Waals surface area contributed by atoms with E-state index in [2.05, 4.69) is 9.97 Å². The molecule has 2 aromatic carbocycles. The van der Waals surface area contributed by atoms with Gasteiger partial charge in [0.25, 0.3) is 0 Å². The Morgan fingerprint density at radius 1 is 0.758 bits per heavy atom. The second-order valence-electron chi connectivity index (χ2n) is 7.58. The van der Waals surface area contributed by atoms with Crippen LogP contribution in [0.1, 0.15) is 11.4 Å². The minimum Gasteiger partial charge on any atom is -0.494 e. The number of fused-ring (bicyclic) bond motifs is 2. The lowest BCUT2D eigenvalue weighted by atomic mass is 10.2. The monoisotopic (exact) mass is 466 g/mol. The zero-order chi connectivity index (χ0) is 23.5. The molecule has 33 heavy (non-hydrogen) atoms. The van der Waals surface area contributed by atoms with Crippen molar-refractivity contribution in [2.24, 2.45) is 0 Å². The number of carbonyl (C=O) groups excluding carboxylic acids is 2. The van der Waals surface area contributed by atoms with Crippen LogP contribution in [0.3, 0.4) is 0 Å². The number of amides is 2. The number of benzene rings is 2. The molecule has 0 aliphatic rings. The van der Waals surface area contributed by atoms with E-state index in [4.69, 9.17) is 9.47 Å². The molecule has 0 unspecified atom stereocenters. The van der Waals surface area contributed by atoms with Crippen LogP contribution < -0.4 is 9.47 Å². The third-order valence-corrected chi connectivity index (χ3v) is 6.37. The third kappa shape index (κ3) is 4.49. The van der Waals surface area contributed by atoms with Crippen LogP contribution in [-0.2, 0) is 22.4 Å². The highest BCUT2D eigenvalue weighted by atomic mass is 32.2. The molecule has 0 aliphatic heterocycles. The van der Waals surface area contributed by atoms with Gasteiger partial charge >= 0.3 is 0 Å². The Hall–Kier alpha value is -3.59. The highest BCUT2D eigenvalue weighted by molar-refractivity contribution is 7.95. The van der Waals surface area contributed by atoms with Gasteiger partial charge in [-0.1, -0.05) is 24.3 Å². The van der Waals surface area contributed by atoms with E-state index in [1.807, 2.05) is 48.5 Å². The van der Waals surface area contributed by atoms with E-state index < -0.39 is 0 Å². The molecule has 0 spiro atoms. The molecule has 0 saturated carbocycles. The Bertz CT molecular complexity index is 1210. The molecule has 0 atom stereocenters. The molecule has 0 radical (unpaired) electrons. The first-order valence-corrected chi connectivity index (χ1v) is 11.1. The van der Waals surface area contributed by atoms with Crippen molar-refractivity contribution in [2.45, 2.75) is 12.8 Å². The van der Waals surface area contributed by atoms with Crippen LogP contribution in [0, 0.1) is 0 Å². The molecule has 0 saturated heterocycles. The van der Waals surface area contributed by atoms with Crippen LogP contribution in [0.4, 0.5) is 0 Å². The number of aromatic nitrogens is 2. The van der Waals surface area contributed by atoms with E-state index in [9.17, 15) is 9.59 Å². The van der Waals surface area contributed by atoms with Gasteiger partial charge in [0.05, 0.1) is 50.6 Å². The minimum atomic E-state index is -0.160. The molecule has 8 nitrogen and oxygen atoms in total. The van der Waals surface area contributed by atoms with Gasteiger partial charge in [0.15, 0.2) is 0 Å². The van der Waals surface area contributed by atoms with Gasteiger partial charge in [-0.05, 0) is 24.3 Å². The fraction of sp³-hybridized carbons (Fsp3) is 0.250. The molecule has 4 aromatic rings. The Balaban J connectivity index is 1.41. The third-order valence-electron chi connectivity index (χ3n) is 5.47. The van der Waals surface area contributed by atoms with E-state index in [-0.39, 0.29) is 24.7 Å². The molecule has 2 heterocycles. The summed E-state index contributed by atoms with van der Waals surface area (Å²) in [7, 11) is 6.48. The SMILES string of the molecule is COc1c(CC(=O)N(C)SN(C)C(=O)Cc2[nH]c3ccccc3c2OC)[nH]c2ccccc12. The number of nitrogens with one attached hydrogen (secondary N) is 2. The van der Waals surface area contributed by atoms with Gasteiger partial charge in [-0.25, -0.2) is 0 Å². The molecule has 0 aliphatic carbocycles. The summed E-state index contributed by atoms with van der Waals surface area (Å²) in [5.74, 6) is 1.00. The maximum absolute atomic E-state index is 12.9. The average Bonchev–Trinajstić information content (AvgIpc) is 3.35. The number of rotatable bonds is 8. The summed E-state index contributed by atoms with van der Waals surface area (Å²) in [6, 6.07) is 15.5. The number of nitrogens with zero attached hydrogens (tertiary/aromatic N) is 2. The molecule has 0 bridgehead atoms. The van der Waals surface area contributed by atoms with Crippen molar-refractivity contribution >= 4 is 45.8 Å². The quantitative estimate of drug-likeness (QED) is 0.384. The number of para-hydroxylation sites is 2. The maximum Gasteiger partial charge on any atom is 0.239 e. The normalized spacial score (nSPS) is 11.0. The van der Waals surface area contributed by atoms with Gasteiger partial charge in [-0.15, -0.1) is 0 Å². The maximum atomic E-state index is 12.9. The first-order valence-electron chi connectivity index (χ1n) is 10.4. The predicted molar refractivity (Wildman–Crippen MR) is 130 cm³/mol. The smallest absolute Gasteiger partial charge is 0.239 e. The van der Waals surface area contributed by atoms with Gasteiger partial charge in [0.1, 0.15) is 11.5 Å². The van der Waals surface area contributed by atoms with E-state index in [1.165, 1.54) is 8.61 Å². The largest absolute Gasteiger partial charge is 0.494 e. The number of hydrogen-bond donors (Lipinski definition) is 2. The van der Waals surface area contributed by atoms with Crippen LogP contribution >= 0.6 is 12.1 Å². The van der Waals surface area contributed by atoms with Crippen LogP contribution in [0.2, 0.25) is 0 Å². The summed E-state index contributed by atoms with van der Waals surface area (Å²) in [6.45, 7) is 0. The van der Waals surface area contributed by atoms with Crippen LogP contribution in [-0.4, -0.2) is 58.7 Å². The average molecular weight is 467 g/mol. The lowest BCUT2D eigenvalue weighted by molar-refractivity contribution is -0.125. The van der Waals surface area contributed by atoms with Gasteiger partial charge in [0, 0.05) is 35.9 Å². The minimum absolute atomic E-state index is 0.124. The van der Waals surface area contributed by atoms with E-state index in [0.717, 1.165) is 33.9 Å². The lowest BCUT2D eigenvalue weighted by Gasteiger charge is -2.22. The highest BCUT2D eigenvalue weighted by Crippen LogP contribution is 2.32. The van der Waals surface area contributed by atoms with Crippen molar-refractivity contribution in [3.05, 3.63) is 59.9 Å². The van der Waals surface area contributed by atoms with Crippen molar-refractivity contribution in [1.29, 1.82) is 0 Å². The van der Waals surface area contributed by atoms with Gasteiger partial charge in [-0.3, -0.25) is 18.2 Å². The number of H-pyrrole nitrogens is 2. The van der Waals surface area contributed by atoms with Crippen molar-refractivity contribution in [1.82, 2.24) is 18.6 Å². The number of carbonyl (C=O) groups is 2. The van der Waals surface area contributed by atoms with Crippen molar-refractivity contribution in [3.63, 3.8) is 0 Å². The molecule has 4 rings (SSSR count). The van der Waals surface area contributed by atoms with Crippen molar-refractivity contribution in [3.8, 4) is 11.5 Å². The number of ether oxygens (including phenoxy) is 2. The summed E-state index contributed by atoms with van der Waals surface area (Å²) >= 11 is 1.05. The fourth-order valence-electron chi connectivity index (χ4n) is 3.86. The zero-order valence-corrected chi connectivity index (χ0v) is 19.8. The highest BCUT2D eigenvalue weighted by Gasteiger charge is 2.22. The second-order valence-corrected chi connectivity index (χ2v) is 8.84. The molecule has 2 amide bonds. The predicted octanol–water partition coefficient (Wildman–Crippen LogP) is 3.93. The summed E-state index contributed by atoms with van der Waals surface area (Å²) in [5.41, 5.74) is 3.22.